The number of hydrogen-bond acceptors (Lipinski definition) is 6. The van der Waals surface area contributed by atoms with Crippen molar-refractivity contribution in [2.24, 2.45) is 0 Å². The predicted molar refractivity (Wildman–Crippen MR) is 135 cm³/mol. The molecule has 1 aromatic heterocycles. The number of piperazine rings is 1. The van der Waals surface area contributed by atoms with Gasteiger partial charge in [-0.05, 0) is 53.6 Å². The van der Waals surface area contributed by atoms with Gasteiger partial charge in [0.15, 0.2) is 0 Å². The maximum absolute atomic E-state index is 13.3. The summed E-state index contributed by atoms with van der Waals surface area (Å²) in [5.41, 5.74) is 1.77. The van der Waals surface area contributed by atoms with E-state index in [4.69, 9.17) is 14.5 Å². The molecule has 0 spiro atoms. The zero-order chi connectivity index (χ0) is 23.9. The maximum Gasteiger partial charge on any atom is 0.243 e. The highest BCUT2D eigenvalue weighted by molar-refractivity contribution is 7.89. The number of nitrogens with zero attached hydrogens (tertiary/aromatic N) is 3. The largest absolute Gasteiger partial charge is 0.496 e. The number of hydrogen-bond donors (Lipinski definition) is 0. The Labute approximate surface area is 199 Å². The SMILES string of the molecule is COc1ccc(OC)c2c(C)cc(N3CCN(S(=O)(=O)c4ccc5ccccc5c4)CC3)nc12. The average molecular weight is 478 g/mol. The molecule has 1 fully saturated rings. The minimum atomic E-state index is -3.57. The van der Waals surface area contributed by atoms with E-state index in [1.807, 2.05) is 55.5 Å². The number of sulfonamides is 1. The van der Waals surface area contributed by atoms with Crippen molar-refractivity contribution in [2.75, 3.05) is 45.3 Å². The second-order valence-electron chi connectivity index (χ2n) is 8.39. The first kappa shape index (κ1) is 22.4. The fourth-order valence-corrected chi connectivity index (χ4v) is 6.05. The first-order chi connectivity index (χ1) is 16.4. The monoisotopic (exact) mass is 477 g/mol. The van der Waals surface area contributed by atoms with Gasteiger partial charge in [-0.3, -0.25) is 0 Å². The van der Waals surface area contributed by atoms with Gasteiger partial charge >= 0.3 is 0 Å². The molecule has 34 heavy (non-hydrogen) atoms. The molecular formula is C26H27N3O4S. The Balaban J connectivity index is 1.40. The van der Waals surface area contributed by atoms with Crippen molar-refractivity contribution in [3.05, 3.63) is 66.2 Å². The summed E-state index contributed by atoms with van der Waals surface area (Å²) in [4.78, 5) is 7.32. The van der Waals surface area contributed by atoms with Crippen LogP contribution in [-0.2, 0) is 10.0 Å². The minimum Gasteiger partial charge on any atom is -0.496 e. The Morgan fingerprint density at radius 1 is 0.824 bits per heavy atom. The fourth-order valence-electron chi connectivity index (χ4n) is 4.59. The average Bonchev–Trinajstić information content (AvgIpc) is 2.87. The molecule has 5 rings (SSSR count). The van der Waals surface area contributed by atoms with E-state index in [0.29, 0.717) is 36.8 Å². The van der Waals surface area contributed by atoms with Crippen LogP contribution in [0.15, 0.2) is 65.6 Å². The normalized spacial score (nSPS) is 15.1. The van der Waals surface area contributed by atoms with Gasteiger partial charge in [-0.25, -0.2) is 13.4 Å². The molecule has 7 nitrogen and oxygen atoms in total. The second-order valence-corrected chi connectivity index (χ2v) is 10.3. The van der Waals surface area contributed by atoms with Crippen molar-refractivity contribution in [2.45, 2.75) is 11.8 Å². The molecule has 1 aliphatic heterocycles. The van der Waals surface area contributed by atoms with Crippen LogP contribution in [-0.4, -0.2) is 58.1 Å². The van der Waals surface area contributed by atoms with Crippen LogP contribution >= 0.6 is 0 Å². The molecule has 4 aromatic rings. The van der Waals surface area contributed by atoms with Gasteiger partial charge in [-0.2, -0.15) is 4.31 Å². The van der Waals surface area contributed by atoms with E-state index < -0.39 is 10.0 Å². The molecule has 0 bridgehead atoms. The number of rotatable bonds is 5. The molecule has 0 unspecified atom stereocenters. The Morgan fingerprint density at radius 3 is 2.21 bits per heavy atom. The van der Waals surface area contributed by atoms with Crippen LogP contribution in [0.1, 0.15) is 5.56 Å². The van der Waals surface area contributed by atoms with Gasteiger partial charge in [-0.1, -0.05) is 30.3 Å². The summed E-state index contributed by atoms with van der Waals surface area (Å²) in [6, 6.07) is 18.8. The predicted octanol–water partition coefficient (Wildman–Crippen LogP) is 4.22. The van der Waals surface area contributed by atoms with E-state index in [1.165, 1.54) is 0 Å². The number of ether oxygens (including phenoxy) is 2. The van der Waals surface area contributed by atoms with Gasteiger partial charge in [0.2, 0.25) is 10.0 Å². The zero-order valence-electron chi connectivity index (χ0n) is 19.5. The zero-order valence-corrected chi connectivity index (χ0v) is 20.3. The smallest absolute Gasteiger partial charge is 0.243 e. The minimum absolute atomic E-state index is 0.330. The van der Waals surface area contributed by atoms with Crippen molar-refractivity contribution in [3.8, 4) is 11.5 Å². The summed E-state index contributed by atoms with van der Waals surface area (Å²) in [7, 11) is -0.303. The van der Waals surface area contributed by atoms with Gasteiger partial charge in [-0.15, -0.1) is 0 Å². The van der Waals surface area contributed by atoms with Gasteiger partial charge in [0.25, 0.3) is 0 Å². The lowest BCUT2D eigenvalue weighted by atomic mass is 10.1. The summed E-state index contributed by atoms with van der Waals surface area (Å²) in [6.07, 6.45) is 0. The highest BCUT2D eigenvalue weighted by Crippen LogP contribution is 2.36. The second kappa shape index (κ2) is 8.77. The van der Waals surface area contributed by atoms with E-state index in [2.05, 4.69) is 4.90 Å². The fraction of sp³-hybridized carbons (Fsp3) is 0.269. The van der Waals surface area contributed by atoms with Crippen LogP contribution in [0.5, 0.6) is 11.5 Å². The number of benzene rings is 3. The Morgan fingerprint density at radius 2 is 1.50 bits per heavy atom. The van der Waals surface area contributed by atoms with Crippen LogP contribution < -0.4 is 14.4 Å². The topological polar surface area (TPSA) is 72.0 Å². The van der Waals surface area contributed by atoms with E-state index in [-0.39, 0.29) is 0 Å². The third kappa shape index (κ3) is 3.82. The molecule has 0 radical (unpaired) electrons. The van der Waals surface area contributed by atoms with Crippen molar-refractivity contribution in [3.63, 3.8) is 0 Å². The van der Waals surface area contributed by atoms with E-state index in [1.54, 1.807) is 30.7 Å². The number of fused-ring (bicyclic) bond motifs is 2. The molecule has 8 heteroatoms. The highest BCUT2D eigenvalue weighted by Gasteiger charge is 2.29. The molecule has 0 amide bonds. The summed E-state index contributed by atoms with van der Waals surface area (Å²) >= 11 is 0. The highest BCUT2D eigenvalue weighted by atomic mass is 32.2. The van der Waals surface area contributed by atoms with Crippen LogP contribution in [0.4, 0.5) is 5.82 Å². The lowest BCUT2D eigenvalue weighted by Gasteiger charge is -2.35. The number of methoxy groups -OCH3 is 2. The lowest BCUT2D eigenvalue weighted by molar-refractivity contribution is 0.384. The van der Waals surface area contributed by atoms with Gasteiger partial charge in [0.05, 0.1) is 19.1 Å². The van der Waals surface area contributed by atoms with Crippen LogP contribution in [0.3, 0.4) is 0 Å². The third-order valence-corrected chi connectivity index (χ3v) is 8.32. The summed E-state index contributed by atoms with van der Waals surface area (Å²) in [5, 5.41) is 2.86. The Hall–Kier alpha value is -3.36. The molecule has 0 aliphatic carbocycles. The molecule has 0 saturated carbocycles. The molecule has 2 heterocycles. The molecule has 0 atom stereocenters. The van der Waals surface area contributed by atoms with Crippen molar-refractivity contribution in [1.82, 2.24) is 9.29 Å². The molecule has 0 N–H and O–H groups in total. The molecule has 176 valence electrons. The summed E-state index contributed by atoms with van der Waals surface area (Å²) < 4.78 is 39.3. The number of aryl methyl sites for hydroxylation is 1. The third-order valence-electron chi connectivity index (χ3n) is 6.43. The first-order valence-corrected chi connectivity index (χ1v) is 12.6. The lowest BCUT2D eigenvalue weighted by Crippen LogP contribution is -2.48. The molecule has 1 saturated heterocycles. The van der Waals surface area contributed by atoms with Gasteiger partial charge in [0, 0.05) is 31.6 Å². The van der Waals surface area contributed by atoms with Gasteiger partial charge in [0.1, 0.15) is 22.8 Å². The Kier molecular flexibility index (Phi) is 5.79. The molecule has 3 aromatic carbocycles. The van der Waals surface area contributed by atoms with Crippen molar-refractivity contribution < 1.29 is 17.9 Å². The first-order valence-electron chi connectivity index (χ1n) is 11.2. The van der Waals surface area contributed by atoms with Gasteiger partial charge < -0.3 is 14.4 Å². The number of pyridine rings is 1. The van der Waals surface area contributed by atoms with Crippen LogP contribution in [0.2, 0.25) is 0 Å². The Bertz CT molecular complexity index is 1480. The van der Waals surface area contributed by atoms with E-state index in [0.717, 1.165) is 38.8 Å². The van der Waals surface area contributed by atoms with Crippen LogP contribution in [0, 0.1) is 6.92 Å². The van der Waals surface area contributed by atoms with Crippen LogP contribution in [0.25, 0.3) is 21.7 Å². The van der Waals surface area contributed by atoms with E-state index >= 15 is 0 Å². The molecular weight excluding hydrogens is 450 g/mol. The summed E-state index contributed by atoms with van der Waals surface area (Å²) in [5.74, 6) is 2.23. The quantitative estimate of drug-likeness (QED) is 0.429. The van der Waals surface area contributed by atoms with Crippen molar-refractivity contribution in [1.29, 1.82) is 0 Å². The molecule has 1 aliphatic rings. The standard InChI is InChI=1S/C26H27N3O4S/c1-18-16-24(27-26-23(33-3)11-10-22(32-2)25(18)26)28-12-14-29(15-13-28)34(30,31)21-9-8-19-6-4-5-7-20(19)17-21/h4-11,16-17H,12-15H2,1-3H3. The number of anilines is 1. The maximum atomic E-state index is 13.3. The summed E-state index contributed by atoms with van der Waals surface area (Å²) in [6.45, 7) is 3.91. The van der Waals surface area contributed by atoms with E-state index in [9.17, 15) is 8.42 Å². The number of aromatic nitrogens is 1. The van der Waals surface area contributed by atoms with Crippen molar-refractivity contribution >= 4 is 37.5 Å².